The molecule has 4 nitrogen and oxygen atoms in total. The molecular weight excluding hydrogens is 274 g/mol. The minimum absolute atomic E-state index is 0.107. The van der Waals surface area contributed by atoms with Crippen molar-refractivity contribution in [2.24, 2.45) is 0 Å². The number of aryl methyl sites for hydroxylation is 1. The number of ether oxygens (including phenoxy) is 1. The van der Waals surface area contributed by atoms with Crippen LogP contribution >= 0.6 is 11.3 Å². The third-order valence-electron chi connectivity index (χ3n) is 2.18. The normalized spacial score (nSPS) is 10.5. The van der Waals surface area contributed by atoms with Gasteiger partial charge in [0.25, 0.3) is 5.91 Å². The van der Waals surface area contributed by atoms with E-state index < -0.39 is 12.5 Å². The quantitative estimate of drug-likeness (QED) is 0.937. The Balaban J connectivity index is 2.19. The second-order valence-electron chi connectivity index (χ2n) is 3.62. The predicted molar refractivity (Wildman–Crippen MR) is 67.9 cm³/mol. The zero-order valence-electron chi connectivity index (χ0n) is 9.89. The highest BCUT2D eigenvalue weighted by atomic mass is 32.1. The van der Waals surface area contributed by atoms with Crippen molar-refractivity contribution < 1.29 is 18.3 Å². The van der Waals surface area contributed by atoms with Crippen LogP contribution in [0, 0.1) is 6.92 Å². The molecule has 0 aliphatic heterocycles. The van der Waals surface area contributed by atoms with Gasteiger partial charge in [-0.1, -0.05) is 0 Å². The largest absolute Gasteiger partial charge is 0.433 e. The SMILES string of the molecule is Cc1cc(OC(F)F)c(C(=O)Nc2ccncc2)s1. The minimum Gasteiger partial charge on any atom is -0.433 e. The van der Waals surface area contributed by atoms with Gasteiger partial charge in [-0.25, -0.2) is 0 Å². The van der Waals surface area contributed by atoms with E-state index in [4.69, 9.17) is 0 Å². The van der Waals surface area contributed by atoms with E-state index in [0.717, 1.165) is 16.2 Å². The molecule has 100 valence electrons. The Morgan fingerprint density at radius 1 is 1.42 bits per heavy atom. The fraction of sp³-hybridized carbons (Fsp3) is 0.167. The Bertz CT molecular complexity index is 572. The van der Waals surface area contributed by atoms with E-state index in [2.05, 4.69) is 15.0 Å². The van der Waals surface area contributed by atoms with Crippen molar-refractivity contribution in [3.05, 3.63) is 40.3 Å². The van der Waals surface area contributed by atoms with Crippen LogP contribution in [0.2, 0.25) is 0 Å². The lowest BCUT2D eigenvalue weighted by molar-refractivity contribution is -0.0498. The Morgan fingerprint density at radius 2 is 2.11 bits per heavy atom. The highest BCUT2D eigenvalue weighted by Crippen LogP contribution is 2.30. The molecule has 2 aromatic heterocycles. The first-order valence-electron chi connectivity index (χ1n) is 5.33. The fourth-order valence-electron chi connectivity index (χ4n) is 1.46. The van der Waals surface area contributed by atoms with Gasteiger partial charge in [0.05, 0.1) is 0 Å². The van der Waals surface area contributed by atoms with Crippen molar-refractivity contribution in [3.63, 3.8) is 0 Å². The van der Waals surface area contributed by atoms with E-state index in [1.54, 1.807) is 19.1 Å². The molecule has 0 aliphatic rings. The Morgan fingerprint density at radius 3 is 2.74 bits per heavy atom. The topological polar surface area (TPSA) is 51.2 Å². The first-order valence-corrected chi connectivity index (χ1v) is 6.14. The van der Waals surface area contributed by atoms with Gasteiger partial charge in [-0.05, 0) is 25.1 Å². The second kappa shape index (κ2) is 5.75. The monoisotopic (exact) mass is 284 g/mol. The summed E-state index contributed by atoms with van der Waals surface area (Å²) in [7, 11) is 0. The molecule has 1 N–H and O–H groups in total. The average Bonchev–Trinajstić information content (AvgIpc) is 2.70. The van der Waals surface area contributed by atoms with Crippen LogP contribution in [-0.4, -0.2) is 17.5 Å². The lowest BCUT2D eigenvalue weighted by atomic mass is 10.3. The highest BCUT2D eigenvalue weighted by molar-refractivity contribution is 7.14. The van der Waals surface area contributed by atoms with Gasteiger partial charge in [-0.15, -0.1) is 11.3 Å². The molecule has 0 radical (unpaired) electrons. The van der Waals surface area contributed by atoms with E-state index in [1.807, 2.05) is 0 Å². The second-order valence-corrected chi connectivity index (χ2v) is 4.88. The van der Waals surface area contributed by atoms with Crippen LogP contribution in [-0.2, 0) is 0 Å². The number of nitrogens with one attached hydrogen (secondary N) is 1. The van der Waals surface area contributed by atoms with E-state index in [9.17, 15) is 13.6 Å². The van der Waals surface area contributed by atoms with Gasteiger partial charge < -0.3 is 10.1 Å². The molecule has 2 heterocycles. The average molecular weight is 284 g/mol. The number of pyridine rings is 1. The third kappa shape index (κ3) is 3.47. The first-order chi connectivity index (χ1) is 9.06. The van der Waals surface area contributed by atoms with Gasteiger partial charge in [-0.3, -0.25) is 9.78 Å². The molecule has 0 unspecified atom stereocenters. The molecule has 0 saturated carbocycles. The van der Waals surface area contributed by atoms with Crippen LogP contribution in [0.3, 0.4) is 0 Å². The zero-order valence-corrected chi connectivity index (χ0v) is 10.7. The molecule has 0 atom stereocenters. The van der Waals surface area contributed by atoms with Gasteiger partial charge in [0.2, 0.25) is 0 Å². The standard InChI is InChI=1S/C12H10F2N2O2S/c1-7-6-9(18-12(13)14)10(19-7)11(17)16-8-2-4-15-5-3-8/h2-6,12H,1H3,(H,15,16,17). The number of amides is 1. The molecule has 0 aromatic carbocycles. The summed E-state index contributed by atoms with van der Waals surface area (Å²) in [5.41, 5.74) is 0.536. The maximum absolute atomic E-state index is 12.2. The van der Waals surface area contributed by atoms with Crippen molar-refractivity contribution in [2.75, 3.05) is 5.32 Å². The molecule has 19 heavy (non-hydrogen) atoms. The van der Waals surface area contributed by atoms with Crippen molar-refractivity contribution >= 4 is 22.9 Å². The zero-order chi connectivity index (χ0) is 13.8. The summed E-state index contributed by atoms with van der Waals surface area (Å²) in [5.74, 6) is -0.594. The van der Waals surface area contributed by atoms with Gasteiger partial charge in [0, 0.05) is 23.0 Å². The van der Waals surface area contributed by atoms with E-state index in [-0.39, 0.29) is 10.6 Å². The van der Waals surface area contributed by atoms with E-state index >= 15 is 0 Å². The van der Waals surface area contributed by atoms with Crippen molar-refractivity contribution in [1.29, 1.82) is 0 Å². The summed E-state index contributed by atoms with van der Waals surface area (Å²) in [4.78, 5) is 16.6. The molecule has 0 fully saturated rings. The molecular formula is C12H10F2N2O2S. The lowest BCUT2D eigenvalue weighted by Gasteiger charge is -2.06. The fourth-order valence-corrected chi connectivity index (χ4v) is 2.30. The summed E-state index contributed by atoms with van der Waals surface area (Å²) in [5, 5.41) is 2.59. The summed E-state index contributed by atoms with van der Waals surface area (Å²) in [6, 6.07) is 4.62. The Labute approximate surface area is 112 Å². The number of nitrogens with zero attached hydrogens (tertiary/aromatic N) is 1. The Kier molecular flexibility index (Phi) is 4.06. The number of carbonyl (C=O) groups excluding carboxylic acids is 1. The Hall–Kier alpha value is -2.02. The first kappa shape index (κ1) is 13.4. The van der Waals surface area contributed by atoms with Gasteiger partial charge in [0.1, 0.15) is 10.6 Å². The predicted octanol–water partition coefficient (Wildman–Crippen LogP) is 3.31. The van der Waals surface area contributed by atoms with Crippen LogP contribution < -0.4 is 10.1 Å². The van der Waals surface area contributed by atoms with Crippen LogP contribution in [0.5, 0.6) is 5.75 Å². The number of hydrogen-bond acceptors (Lipinski definition) is 4. The smallest absolute Gasteiger partial charge is 0.387 e. The highest BCUT2D eigenvalue weighted by Gasteiger charge is 2.19. The van der Waals surface area contributed by atoms with Gasteiger partial charge >= 0.3 is 6.61 Å². The van der Waals surface area contributed by atoms with Crippen LogP contribution in [0.25, 0.3) is 0 Å². The van der Waals surface area contributed by atoms with Crippen LogP contribution in [0.1, 0.15) is 14.5 Å². The molecule has 0 aliphatic carbocycles. The summed E-state index contributed by atoms with van der Waals surface area (Å²) in [6.45, 7) is -1.24. The number of rotatable bonds is 4. The van der Waals surface area contributed by atoms with E-state index in [0.29, 0.717) is 5.69 Å². The van der Waals surface area contributed by atoms with Crippen molar-refractivity contribution in [2.45, 2.75) is 13.5 Å². The number of anilines is 1. The molecule has 0 spiro atoms. The van der Waals surface area contributed by atoms with Gasteiger partial charge in [0.15, 0.2) is 0 Å². The van der Waals surface area contributed by atoms with Crippen molar-refractivity contribution in [3.8, 4) is 5.75 Å². The molecule has 2 aromatic rings. The lowest BCUT2D eigenvalue weighted by Crippen LogP contribution is -2.12. The summed E-state index contributed by atoms with van der Waals surface area (Å²) >= 11 is 1.10. The minimum atomic E-state index is -2.96. The van der Waals surface area contributed by atoms with Crippen molar-refractivity contribution in [1.82, 2.24) is 4.98 Å². The maximum atomic E-state index is 12.2. The van der Waals surface area contributed by atoms with Crippen LogP contribution in [0.15, 0.2) is 30.6 Å². The number of thiophene rings is 1. The molecule has 0 bridgehead atoms. The number of carbonyl (C=O) groups is 1. The van der Waals surface area contributed by atoms with Gasteiger partial charge in [-0.2, -0.15) is 8.78 Å². The maximum Gasteiger partial charge on any atom is 0.387 e. The molecule has 7 heteroatoms. The number of halogens is 2. The summed E-state index contributed by atoms with van der Waals surface area (Å²) in [6.07, 6.45) is 3.04. The summed E-state index contributed by atoms with van der Waals surface area (Å²) < 4.78 is 28.8. The van der Waals surface area contributed by atoms with Crippen LogP contribution in [0.4, 0.5) is 14.5 Å². The van der Waals surface area contributed by atoms with E-state index in [1.165, 1.54) is 18.5 Å². The third-order valence-corrected chi connectivity index (χ3v) is 3.21. The number of alkyl halides is 2. The number of aromatic nitrogens is 1. The molecule has 1 amide bonds. The number of hydrogen-bond donors (Lipinski definition) is 1. The molecule has 0 saturated heterocycles. The molecule has 2 rings (SSSR count).